The smallest absolute Gasteiger partial charge is 0.230 e. The molecule has 180 valence electrons. The van der Waals surface area contributed by atoms with E-state index in [1.165, 1.54) is 36.6 Å². The first-order valence-corrected chi connectivity index (χ1v) is 13.2. The summed E-state index contributed by atoms with van der Waals surface area (Å²) in [5.74, 6) is 2.33. The maximum absolute atomic E-state index is 12.6. The molecule has 0 aliphatic heterocycles. The van der Waals surface area contributed by atoms with E-state index in [9.17, 15) is 4.79 Å². The summed E-state index contributed by atoms with van der Waals surface area (Å²) in [7, 11) is 0. The number of hydrogen-bond donors (Lipinski definition) is 1. The van der Waals surface area contributed by atoms with Crippen molar-refractivity contribution in [3.05, 3.63) is 66.0 Å². The predicted octanol–water partition coefficient (Wildman–Crippen LogP) is 6.07. The molecule has 3 aromatic rings. The van der Waals surface area contributed by atoms with Crippen LogP contribution >= 0.6 is 11.8 Å². The Bertz CT molecular complexity index is 1060. The second-order valence-electron chi connectivity index (χ2n) is 9.19. The largest absolute Gasteiger partial charge is 0.483 e. The van der Waals surface area contributed by atoms with Crippen molar-refractivity contribution in [2.75, 3.05) is 5.75 Å². The SMILES string of the molecule is CC(C)c1ccc(OC(C)c2nnc(SCC(=O)NC3CCCCC3)n2-c2ccccc2)cc1. The van der Waals surface area contributed by atoms with Crippen molar-refractivity contribution in [3.8, 4) is 11.4 Å². The molecule has 7 heteroatoms. The normalized spacial score (nSPS) is 15.3. The zero-order valence-corrected chi connectivity index (χ0v) is 21.1. The van der Waals surface area contributed by atoms with Crippen LogP contribution in [0.3, 0.4) is 0 Å². The minimum Gasteiger partial charge on any atom is -0.483 e. The highest BCUT2D eigenvalue weighted by Gasteiger charge is 2.22. The summed E-state index contributed by atoms with van der Waals surface area (Å²) in [4.78, 5) is 12.6. The molecule has 1 N–H and O–H groups in total. The third-order valence-corrected chi connectivity index (χ3v) is 7.13. The van der Waals surface area contributed by atoms with Crippen LogP contribution in [0.25, 0.3) is 5.69 Å². The van der Waals surface area contributed by atoms with Crippen LogP contribution < -0.4 is 10.1 Å². The standard InChI is InChI=1S/C27H34N4O2S/c1-19(2)21-14-16-24(17-15-21)33-20(3)26-29-30-27(31(26)23-12-8-5-9-13-23)34-18-25(32)28-22-10-6-4-7-11-22/h5,8-9,12-17,19-20,22H,4,6-7,10-11,18H2,1-3H3,(H,28,32). The summed E-state index contributed by atoms with van der Waals surface area (Å²) in [6.07, 6.45) is 5.50. The highest BCUT2D eigenvalue weighted by molar-refractivity contribution is 7.99. The Morgan fingerprint density at radius 2 is 1.74 bits per heavy atom. The maximum Gasteiger partial charge on any atom is 0.230 e. The number of nitrogens with zero attached hydrogens (tertiary/aromatic N) is 3. The van der Waals surface area contributed by atoms with Crippen LogP contribution in [0.15, 0.2) is 59.8 Å². The lowest BCUT2D eigenvalue weighted by Crippen LogP contribution is -2.37. The number of para-hydroxylation sites is 1. The Morgan fingerprint density at radius 3 is 2.41 bits per heavy atom. The highest BCUT2D eigenvalue weighted by atomic mass is 32.2. The van der Waals surface area contributed by atoms with E-state index in [2.05, 4.69) is 41.5 Å². The van der Waals surface area contributed by atoms with E-state index in [0.29, 0.717) is 28.7 Å². The van der Waals surface area contributed by atoms with E-state index in [-0.39, 0.29) is 12.0 Å². The summed E-state index contributed by atoms with van der Waals surface area (Å²) in [5.41, 5.74) is 2.22. The quantitative estimate of drug-likeness (QED) is 0.378. The molecule has 0 spiro atoms. The molecule has 0 radical (unpaired) electrons. The molecular formula is C27H34N4O2S. The summed E-state index contributed by atoms with van der Waals surface area (Å²) in [5, 5.41) is 12.8. The molecule has 1 saturated carbocycles. The van der Waals surface area contributed by atoms with Gasteiger partial charge in [0.1, 0.15) is 5.75 Å². The van der Waals surface area contributed by atoms with Gasteiger partial charge in [0.2, 0.25) is 5.91 Å². The van der Waals surface area contributed by atoms with E-state index in [0.717, 1.165) is 24.3 Å². The number of nitrogens with one attached hydrogen (secondary N) is 1. The molecule has 1 atom stereocenters. The molecule has 4 rings (SSSR count). The molecule has 34 heavy (non-hydrogen) atoms. The first-order chi connectivity index (χ1) is 16.5. The highest BCUT2D eigenvalue weighted by Crippen LogP contribution is 2.28. The number of ether oxygens (including phenoxy) is 1. The topological polar surface area (TPSA) is 69.0 Å². The van der Waals surface area contributed by atoms with Gasteiger partial charge in [0.25, 0.3) is 0 Å². The van der Waals surface area contributed by atoms with E-state index in [1.54, 1.807) is 0 Å². The average Bonchev–Trinajstić information content (AvgIpc) is 3.28. The van der Waals surface area contributed by atoms with E-state index in [4.69, 9.17) is 4.74 Å². The van der Waals surface area contributed by atoms with Gasteiger partial charge in [0, 0.05) is 11.7 Å². The van der Waals surface area contributed by atoms with Gasteiger partial charge >= 0.3 is 0 Å². The Hall–Kier alpha value is -2.80. The van der Waals surface area contributed by atoms with E-state index < -0.39 is 0 Å². The lowest BCUT2D eigenvalue weighted by Gasteiger charge is -2.22. The molecule has 0 bridgehead atoms. The third-order valence-electron chi connectivity index (χ3n) is 6.20. The van der Waals surface area contributed by atoms with Crippen molar-refractivity contribution in [2.45, 2.75) is 76.1 Å². The van der Waals surface area contributed by atoms with Crippen LogP contribution in [0.1, 0.15) is 76.3 Å². The lowest BCUT2D eigenvalue weighted by atomic mass is 9.95. The Kier molecular flexibility index (Phi) is 8.27. The van der Waals surface area contributed by atoms with Crippen molar-refractivity contribution in [1.82, 2.24) is 20.1 Å². The summed E-state index contributed by atoms with van der Waals surface area (Å²) in [6, 6.07) is 18.5. The first kappa shape index (κ1) is 24.3. The van der Waals surface area contributed by atoms with Crippen LogP contribution in [0.4, 0.5) is 0 Å². The number of aromatic nitrogens is 3. The molecule has 1 heterocycles. The fourth-order valence-corrected chi connectivity index (χ4v) is 5.06. The molecule has 0 saturated heterocycles. The summed E-state index contributed by atoms with van der Waals surface area (Å²) in [6.45, 7) is 6.33. The van der Waals surface area contributed by atoms with Gasteiger partial charge < -0.3 is 10.1 Å². The van der Waals surface area contributed by atoms with Crippen LogP contribution in [0.5, 0.6) is 5.75 Å². The minimum absolute atomic E-state index is 0.0515. The van der Waals surface area contributed by atoms with E-state index in [1.807, 2.05) is 54.0 Å². The van der Waals surface area contributed by atoms with Gasteiger partial charge in [-0.05, 0) is 55.5 Å². The van der Waals surface area contributed by atoms with Gasteiger partial charge in [0.15, 0.2) is 17.1 Å². The van der Waals surface area contributed by atoms with Gasteiger partial charge in [0.05, 0.1) is 5.75 Å². The number of thioether (sulfide) groups is 1. The molecule has 1 aliphatic rings. The summed E-state index contributed by atoms with van der Waals surface area (Å²) >= 11 is 1.41. The molecule has 1 aromatic heterocycles. The van der Waals surface area contributed by atoms with Gasteiger partial charge in [-0.15, -0.1) is 10.2 Å². The zero-order valence-electron chi connectivity index (χ0n) is 20.2. The molecule has 1 aliphatic carbocycles. The first-order valence-electron chi connectivity index (χ1n) is 12.2. The van der Waals surface area contributed by atoms with Crippen LogP contribution in [0, 0.1) is 0 Å². The molecule has 1 fully saturated rings. The monoisotopic (exact) mass is 478 g/mol. The van der Waals surface area contributed by atoms with Crippen molar-refractivity contribution < 1.29 is 9.53 Å². The second-order valence-corrected chi connectivity index (χ2v) is 10.1. The van der Waals surface area contributed by atoms with Crippen molar-refractivity contribution in [1.29, 1.82) is 0 Å². The van der Waals surface area contributed by atoms with Crippen molar-refractivity contribution in [2.24, 2.45) is 0 Å². The number of benzene rings is 2. The second kappa shape index (κ2) is 11.6. The molecule has 2 aromatic carbocycles. The maximum atomic E-state index is 12.6. The molecule has 1 unspecified atom stereocenters. The van der Waals surface area contributed by atoms with Gasteiger partial charge in [-0.1, -0.05) is 75.2 Å². The predicted molar refractivity (Wildman–Crippen MR) is 137 cm³/mol. The summed E-state index contributed by atoms with van der Waals surface area (Å²) < 4.78 is 8.22. The van der Waals surface area contributed by atoms with Crippen LogP contribution in [0.2, 0.25) is 0 Å². The minimum atomic E-state index is -0.317. The van der Waals surface area contributed by atoms with Crippen molar-refractivity contribution >= 4 is 17.7 Å². The molecule has 6 nitrogen and oxygen atoms in total. The number of rotatable bonds is 9. The van der Waals surface area contributed by atoms with E-state index >= 15 is 0 Å². The van der Waals surface area contributed by atoms with Crippen molar-refractivity contribution in [3.63, 3.8) is 0 Å². The third kappa shape index (κ3) is 6.20. The average molecular weight is 479 g/mol. The van der Waals surface area contributed by atoms with Crippen LogP contribution in [-0.2, 0) is 4.79 Å². The Balaban J connectivity index is 1.49. The Morgan fingerprint density at radius 1 is 1.03 bits per heavy atom. The fraction of sp³-hybridized carbons (Fsp3) is 0.444. The number of amides is 1. The Labute approximate surface area is 206 Å². The number of carbonyl (C=O) groups excluding carboxylic acids is 1. The lowest BCUT2D eigenvalue weighted by molar-refractivity contribution is -0.119. The number of hydrogen-bond acceptors (Lipinski definition) is 5. The van der Waals surface area contributed by atoms with Crippen LogP contribution in [-0.4, -0.2) is 32.5 Å². The fourth-order valence-electron chi connectivity index (χ4n) is 4.29. The molecule has 1 amide bonds. The van der Waals surface area contributed by atoms with Gasteiger partial charge in [-0.25, -0.2) is 0 Å². The van der Waals surface area contributed by atoms with Gasteiger partial charge in [-0.2, -0.15) is 0 Å². The molecular weight excluding hydrogens is 444 g/mol. The van der Waals surface area contributed by atoms with Gasteiger partial charge in [-0.3, -0.25) is 9.36 Å². The number of carbonyl (C=O) groups is 1. The zero-order chi connectivity index (χ0) is 23.9.